The summed E-state index contributed by atoms with van der Waals surface area (Å²) in [7, 11) is 0. The predicted molar refractivity (Wildman–Crippen MR) is 118 cm³/mol. The molecule has 0 N–H and O–H groups in total. The van der Waals surface area contributed by atoms with E-state index in [1.165, 1.54) is 6.08 Å². The van der Waals surface area contributed by atoms with Crippen molar-refractivity contribution in [1.82, 2.24) is 4.90 Å². The van der Waals surface area contributed by atoms with Crippen molar-refractivity contribution in [3.63, 3.8) is 0 Å². The second-order valence-electron chi connectivity index (χ2n) is 6.85. The molecule has 3 rings (SSSR count). The minimum atomic E-state index is -0.235. The van der Waals surface area contributed by atoms with Crippen molar-refractivity contribution in [2.45, 2.75) is 19.8 Å². The third kappa shape index (κ3) is 6.60. The van der Waals surface area contributed by atoms with E-state index >= 15 is 0 Å². The number of carbonyl (C=O) groups excluding carboxylic acids is 2. The molecule has 0 radical (unpaired) electrons. The van der Waals surface area contributed by atoms with Gasteiger partial charge in [0.25, 0.3) is 0 Å². The Kier molecular flexibility index (Phi) is 8.55. The first-order chi connectivity index (χ1) is 15.1. The summed E-state index contributed by atoms with van der Waals surface area (Å²) >= 11 is 6.37. The molecule has 0 atom stereocenters. The van der Waals surface area contributed by atoms with Gasteiger partial charge in [0.1, 0.15) is 5.76 Å². The molecule has 0 spiro atoms. The molecule has 1 aromatic carbocycles. The van der Waals surface area contributed by atoms with Crippen molar-refractivity contribution in [1.29, 1.82) is 0 Å². The number of esters is 1. The molecule has 0 unspecified atom stereocenters. The van der Waals surface area contributed by atoms with Gasteiger partial charge in [0.2, 0.25) is 5.91 Å². The molecule has 1 aromatic heterocycles. The maximum absolute atomic E-state index is 12.1. The molecular weight excluding hydrogens is 422 g/mol. The van der Waals surface area contributed by atoms with Crippen molar-refractivity contribution in [3.05, 3.63) is 48.3 Å². The van der Waals surface area contributed by atoms with Crippen LogP contribution in [0.3, 0.4) is 0 Å². The minimum absolute atomic E-state index is 0.0767. The van der Waals surface area contributed by atoms with Gasteiger partial charge in [0, 0.05) is 31.0 Å². The van der Waals surface area contributed by atoms with Crippen molar-refractivity contribution >= 4 is 39.5 Å². The fourth-order valence-electron chi connectivity index (χ4n) is 3.09. The van der Waals surface area contributed by atoms with E-state index in [-0.39, 0.29) is 11.9 Å². The van der Waals surface area contributed by atoms with Gasteiger partial charge in [0.05, 0.1) is 31.5 Å². The van der Waals surface area contributed by atoms with Crippen LogP contribution in [-0.2, 0) is 19.1 Å². The molecule has 1 aliphatic heterocycles. The number of furan rings is 1. The van der Waals surface area contributed by atoms with Gasteiger partial charge in [-0.1, -0.05) is 29.8 Å². The molecule has 7 nitrogen and oxygen atoms in total. The maximum Gasteiger partial charge on any atom is 0.305 e. The van der Waals surface area contributed by atoms with Crippen molar-refractivity contribution in [2.75, 3.05) is 39.5 Å². The Balaban J connectivity index is 1.61. The number of benzene rings is 1. The van der Waals surface area contributed by atoms with E-state index in [9.17, 15) is 9.59 Å². The number of fused-ring (bicyclic) bond motifs is 1. The van der Waals surface area contributed by atoms with Gasteiger partial charge < -0.3 is 23.5 Å². The fraction of sp³-hybridized carbons (Fsp3) is 0.391. The number of para-hydroxylation sites is 1. The summed E-state index contributed by atoms with van der Waals surface area (Å²) in [5.41, 5.74) is 0.577. The van der Waals surface area contributed by atoms with E-state index in [4.69, 9.17) is 30.2 Å². The molecule has 1 aliphatic rings. The second kappa shape index (κ2) is 11.6. The molecule has 1 amide bonds. The number of morpholine rings is 1. The maximum atomic E-state index is 12.1. The molecule has 2 heterocycles. The fourth-order valence-corrected chi connectivity index (χ4v) is 3.25. The predicted octanol–water partition coefficient (Wildman–Crippen LogP) is 4.15. The van der Waals surface area contributed by atoms with Crippen LogP contribution in [0.25, 0.3) is 16.0 Å². The highest BCUT2D eigenvalue weighted by molar-refractivity contribution is 6.48. The average Bonchev–Trinajstić information content (AvgIpc) is 3.23. The van der Waals surface area contributed by atoms with Gasteiger partial charge in [-0.15, -0.1) is 0 Å². The molecule has 1 saturated heterocycles. The third-order valence-electron chi connectivity index (χ3n) is 4.64. The van der Waals surface area contributed by atoms with Gasteiger partial charge >= 0.3 is 5.97 Å². The summed E-state index contributed by atoms with van der Waals surface area (Å²) in [6.45, 7) is 4.81. The molecule has 0 aliphatic carbocycles. The van der Waals surface area contributed by atoms with Crippen LogP contribution in [0.4, 0.5) is 0 Å². The first-order valence-electron chi connectivity index (χ1n) is 10.3. The highest BCUT2D eigenvalue weighted by Crippen LogP contribution is 2.33. The smallest absolute Gasteiger partial charge is 0.305 e. The van der Waals surface area contributed by atoms with E-state index in [0.717, 1.165) is 5.39 Å². The molecular formula is C23H26ClNO6. The third-order valence-corrected chi connectivity index (χ3v) is 4.95. The number of carbonyl (C=O) groups is 2. The first-order valence-corrected chi connectivity index (χ1v) is 10.7. The number of amides is 1. The van der Waals surface area contributed by atoms with E-state index < -0.39 is 0 Å². The van der Waals surface area contributed by atoms with Gasteiger partial charge in [-0.2, -0.15) is 0 Å². The Morgan fingerprint density at radius 1 is 1.26 bits per heavy atom. The molecule has 0 bridgehead atoms. The number of halogens is 1. The summed E-state index contributed by atoms with van der Waals surface area (Å²) in [4.78, 5) is 25.3. The number of nitrogens with zero attached hydrogens (tertiary/aromatic N) is 1. The van der Waals surface area contributed by atoms with Crippen LogP contribution in [0.15, 0.2) is 46.9 Å². The highest BCUT2D eigenvalue weighted by atomic mass is 35.5. The molecule has 31 heavy (non-hydrogen) atoms. The minimum Gasteiger partial charge on any atom is -0.490 e. The zero-order valence-corrected chi connectivity index (χ0v) is 18.2. The SMILES string of the molecule is CCOC(=O)CCCOc1cccc2cc(/C(Cl)=C/C=C/C(=O)N3CCOCC3)oc12. The molecule has 2 aromatic rings. The summed E-state index contributed by atoms with van der Waals surface area (Å²) < 4.78 is 21.8. The number of rotatable bonds is 9. The largest absolute Gasteiger partial charge is 0.490 e. The Morgan fingerprint density at radius 3 is 2.84 bits per heavy atom. The number of hydrogen-bond donors (Lipinski definition) is 0. The van der Waals surface area contributed by atoms with Crippen molar-refractivity contribution in [2.24, 2.45) is 0 Å². The summed E-state index contributed by atoms with van der Waals surface area (Å²) in [5.74, 6) is 0.742. The lowest BCUT2D eigenvalue weighted by molar-refractivity contribution is -0.143. The van der Waals surface area contributed by atoms with Crippen LogP contribution in [0.1, 0.15) is 25.5 Å². The summed E-state index contributed by atoms with van der Waals surface area (Å²) in [6.07, 6.45) is 5.56. The highest BCUT2D eigenvalue weighted by Gasteiger charge is 2.14. The van der Waals surface area contributed by atoms with Gasteiger partial charge in [0.15, 0.2) is 11.3 Å². The Bertz CT molecular complexity index is 958. The lowest BCUT2D eigenvalue weighted by Gasteiger charge is -2.25. The Morgan fingerprint density at radius 2 is 2.06 bits per heavy atom. The van der Waals surface area contributed by atoms with E-state index in [1.807, 2.05) is 18.2 Å². The summed E-state index contributed by atoms with van der Waals surface area (Å²) in [5, 5.41) is 1.22. The topological polar surface area (TPSA) is 78.2 Å². The monoisotopic (exact) mass is 447 g/mol. The molecule has 166 valence electrons. The van der Waals surface area contributed by atoms with Crippen LogP contribution in [0.2, 0.25) is 0 Å². The zero-order chi connectivity index (χ0) is 22.1. The number of ether oxygens (including phenoxy) is 3. The van der Waals surface area contributed by atoms with Gasteiger partial charge in [-0.3, -0.25) is 9.59 Å². The average molecular weight is 448 g/mol. The van der Waals surface area contributed by atoms with Crippen molar-refractivity contribution < 1.29 is 28.2 Å². The lowest BCUT2D eigenvalue weighted by Crippen LogP contribution is -2.39. The second-order valence-corrected chi connectivity index (χ2v) is 7.26. The Labute approximate surface area is 186 Å². The molecule has 1 fully saturated rings. The number of allylic oxidation sites excluding steroid dienone is 2. The molecule has 0 saturated carbocycles. The molecule has 8 heteroatoms. The summed E-state index contributed by atoms with van der Waals surface area (Å²) in [6, 6.07) is 7.38. The first kappa shape index (κ1) is 22.9. The lowest BCUT2D eigenvalue weighted by atomic mass is 10.2. The zero-order valence-electron chi connectivity index (χ0n) is 17.5. The number of hydrogen-bond acceptors (Lipinski definition) is 6. The van der Waals surface area contributed by atoms with Crippen molar-refractivity contribution in [3.8, 4) is 5.75 Å². The van der Waals surface area contributed by atoms with Crippen LogP contribution < -0.4 is 4.74 Å². The van der Waals surface area contributed by atoms with Crippen LogP contribution in [0, 0.1) is 0 Å². The van der Waals surface area contributed by atoms with Gasteiger partial charge in [-0.05, 0) is 31.6 Å². The normalized spacial score (nSPS) is 14.9. The van der Waals surface area contributed by atoms with Gasteiger partial charge in [-0.25, -0.2) is 0 Å². The standard InChI is InChI=1S/C23H26ClNO6/c1-2-29-22(27)10-5-13-30-19-8-3-6-17-16-20(31-23(17)19)18(24)7-4-9-21(26)25-11-14-28-15-12-25/h3-4,6-9,16H,2,5,10-15H2,1H3/b9-4+,18-7-. The van der Waals surface area contributed by atoms with Crippen LogP contribution in [-0.4, -0.2) is 56.3 Å². The van der Waals surface area contributed by atoms with E-state index in [0.29, 0.717) is 74.5 Å². The van der Waals surface area contributed by atoms with Crippen LogP contribution >= 0.6 is 11.6 Å². The van der Waals surface area contributed by atoms with Crippen LogP contribution in [0.5, 0.6) is 5.75 Å². The van der Waals surface area contributed by atoms with E-state index in [1.54, 1.807) is 30.0 Å². The Hall–Kier alpha value is -2.77. The quantitative estimate of drug-likeness (QED) is 0.249. The van der Waals surface area contributed by atoms with E-state index in [2.05, 4.69) is 0 Å².